The molecule has 7 nitrogen and oxygen atoms in total. The highest BCUT2D eigenvalue weighted by Gasteiger charge is 2.12. The van der Waals surface area contributed by atoms with Gasteiger partial charge in [-0.05, 0) is 43.3 Å². The van der Waals surface area contributed by atoms with E-state index in [-0.39, 0.29) is 11.8 Å². The van der Waals surface area contributed by atoms with Gasteiger partial charge in [-0.1, -0.05) is 0 Å². The molecular formula is C19H19N3O4S. The Morgan fingerprint density at radius 2 is 1.96 bits per heavy atom. The lowest BCUT2D eigenvalue weighted by Gasteiger charge is -2.04. The second-order valence-corrected chi connectivity index (χ2v) is 6.48. The van der Waals surface area contributed by atoms with Gasteiger partial charge in [-0.25, -0.2) is 4.98 Å². The second-order valence-electron chi connectivity index (χ2n) is 5.63. The Labute approximate surface area is 160 Å². The number of nitrogens with one attached hydrogen (secondary N) is 2. The number of carbonyl (C=O) groups excluding carboxylic acids is 2. The van der Waals surface area contributed by atoms with Gasteiger partial charge in [0.25, 0.3) is 5.91 Å². The standard InChI is InChI=1S/C19H19N3O4S/c1-3-25-14-6-4-13(5-7-14)18(24)22-19-21-16(11-27-19)17-9-8-15(26-17)10-20-12(2)23/h4-9,11H,3,10H2,1-2H3,(H,20,23)(H,21,22,24). The molecule has 8 heteroatoms. The van der Waals surface area contributed by atoms with Gasteiger partial charge in [-0.3, -0.25) is 14.9 Å². The molecule has 2 heterocycles. The molecule has 3 aromatic rings. The molecule has 0 radical (unpaired) electrons. The Hall–Kier alpha value is -3.13. The first-order chi connectivity index (χ1) is 13.0. The Balaban J connectivity index is 1.63. The molecule has 0 saturated heterocycles. The Bertz CT molecular complexity index is 931. The van der Waals surface area contributed by atoms with Crippen LogP contribution in [0.2, 0.25) is 0 Å². The van der Waals surface area contributed by atoms with Crippen molar-refractivity contribution in [3.8, 4) is 17.2 Å². The largest absolute Gasteiger partial charge is 0.494 e. The molecule has 0 fully saturated rings. The Morgan fingerprint density at radius 1 is 1.19 bits per heavy atom. The third-order valence-electron chi connectivity index (χ3n) is 3.58. The molecule has 27 heavy (non-hydrogen) atoms. The number of hydrogen-bond donors (Lipinski definition) is 2. The van der Waals surface area contributed by atoms with Crippen LogP contribution in [0.3, 0.4) is 0 Å². The average Bonchev–Trinajstić information content (AvgIpc) is 3.30. The fraction of sp³-hybridized carbons (Fsp3) is 0.211. The average molecular weight is 385 g/mol. The van der Waals surface area contributed by atoms with Crippen LogP contribution in [0.4, 0.5) is 5.13 Å². The quantitative estimate of drug-likeness (QED) is 0.647. The van der Waals surface area contributed by atoms with Crippen molar-refractivity contribution in [2.24, 2.45) is 0 Å². The first-order valence-corrected chi connectivity index (χ1v) is 9.26. The van der Waals surface area contributed by atoms with Crippen LogP contribution in [0.5, 0.6) is 5.75 Å². The topological polar surface area (TPSA) is 93.5 Å². The molecule has 2 aromatic heterocycles. The summed E-state index contributed by atoms with van der Waals surface area (Å²) in [5.74, 6) is 1.56. The lowest BCUT2D eigenvalue weighted by atomic mass is 10.2. The molecule has 1 aromatic carbocycles. The number of hydrogen-bond acceptors (Lipinski definition) is 6. The van der Waals surface area contributed by atoms with Crippen LogP contribution in [0.1, 0.15) is 30.0 Å². The van der Waals surface area contributed by atoms with E-state index in [1.807, 2.05) is 6.92 Å². The number of rotatable bonds is 7. The van der Waals surface area contributed by atoms with E-state index in [1.165, 1.54) is 18.3 Å². The number of furan rings is 1. The number of ether oxygens (including phenoxy) is 1. The van der Waals surface area contributed by atoms with Gasteiger partial charge >= 0.3 is 0 Å². The summed E-state index contributed by atoms with van der Waals surface area (Å²) in [6.07, 6.45) is 0. The van der Waals surface area contributed by atoms with E-state index in [4.69, 9.17) is 9.15 Å². The number of carbonyl (C=O) groups is 2. The van der Waals surface area contributed by atoms with Crippen LogP contribution in [-0.4, -0.2) is 23.4 Å². The zero-order chi connectivity index (χ0) is 19.2. The maximum Gasteiger partial charge on any atom is 0.257 e. The number of benzene rings is 1. The first-order valence-electron chi connectivity index (χ1n) is 8.38. The zero-order valence-corrected chi connectivity index (χ0v) is 15.8. The van der Waals surface area contributed by atoms with Gasteiger partial charge in [0.2, 0.25) is 5.91 Å². The van der Waals surface area contributed by atoms with Crippen molar-refractivity contribution < 1.29 is 18.7 Å². The highest BCUT2D eigenvalue weighted by molar-refractivity contribution is 7.14. The van der Waals surface area contributed by atoms with Crippen molar-refractivity contribution in [3.63, 3.8) is 0 Å². The maximum atomic E-state index is 12.3. The molecular weight excluding hydrogens is 366 g/mol. The van der Waals surface area contributed by atoms with E-state index in [1.54, 1.807) is 41.8 Å². The summed E-state index contributed by atoms with van der Waals surface area (Å²) < 4.78 is 11.0. The number of thiazole rings is 1. The lowest BCUT2D eigenvalue weighted by molar-refractivity contribution is -0.119. The molecule has 0 saturated carbocycles. The third-order valence-corrected chi connectivity index (χ3v) is 4.34. The summed E-state index contributed by atoms with van der Waals surface area (Å²) in [4.78, 5) is 27.7. The van der Waals surface area contributed by atoms with Gasteiger partial charge in [-0.15, -0.1) is 11.3 Å². The van der Waals surface area contributed by atoms with E-state index in [9.17, 15) is 9.59 Å². The summed E-state index contributed by atoms with van der Waals surface area (Å²) in [6, 6.07) is 10.5. The van der Waals surface area contributed by atoms with E-state index >= 15 is 0 Å². The lowest BCUT2D eigenvalue weighted by Crippen LogP contribution is -2.18. The van der Waals surface area contributed by atoms with Gasteiger partial charge in [0.15, 0.2) is 10.9 Å². The SMILES string of the molecule is CCOc1ccc(C(=O)Nc2nc(-c3ccc(CNC(C)=O)o3)cs2)cc1. The van der Waals surface area contributed by atoms with Crippen LogP contribution in [-0.2, 0) is 11.3 Å². The summed E-state index contributed by atoms with van der Waals surface area (Å²) in [7, 11) is 0. The first kappa shape index (κ1) is 18.7. The minimum Gasteiger partial charge on any atom is -0.494 e. The van der Waals surface area contributed by atoms with Crippen molar-refractivity contribution >= 4 is 28.3 Å². The zero-order valence-electron chi connectivity index (χ0n) is 14.9. The van der Waals surface area contributed by atoms with E-state index in [0.29, 0.717) is 41.1 Å². The Kier molecular flexibility index (Phi) is 5.87. The highest BCUT2D eigenvalue weighted by Crippen LogP contribution is 2.27. The Morgan fingerprint density at radius 3 is 2.67 bits per heavy atom. The minimum atomic E-state index is -0.246. The third kappa shape index (κ3) is 4.95. The molecule has 0 unspecified atom stereocenters. The molecule has 0 aliphatic rings. The predicted molar refractivity (Wildman–Crippen MR) is 103 cm³/mol. The number of anilines is 1. The van der Waals surface area contributed by atoms with Crippen LogP contribution in [0, 0.1) is 0 Å². The minimum absolute atomic E-state index is 0.124. The normalized spacial score (nSPS) is 10.4. The van der Waals surface area contributed by atoms with Gasteiger partial charge in [0, 0.05) is 17.9 Å². The van der Waals surface area contributed by atoms with Crippen molar-refractivity contribution in [1.29, 1.82) is 0 Å². The van der Waals surface area contributed by atoms with Gasteiger partial charge in [0.1, 0.15) is 17.2 Å². The van der Waals surface area contributed by atoms with Gasteiger partial charge in [0.05, 0.1) is 13.2 Å². The van der Waals surface area contributed by atoms with Crippen molar-refractivity contribution in [1.82, 2.24) is 10.3 Å². The monoisotopic (exact) mass is 385 g/mol. The van der Waals surface area contributed by atoms with Gasteiger partial charge < -0.3 is 14.5 Å². The fourth-order valence-corrected chi connectivity index (χ4v) is 3.00. The number of amides is 2. The van der Waals surface area contributed by atoms with Crippen LogP contribution in [0.15, 0.2) is 46.2 Å². The molecule has 0 spiro atoms. The molecule has 2 N–H and O–H groups in total. The van der Waals surface area contributed by atoms with Crippen molar-refractivity contribution in [2.45, 2.75) is 20.4 Å². The van der Waals surface area contributed by atoms with Gasteiger partial charge in [-0.2, -0.15) is 0 Å². The number of aromatic nitrogens is 1. The van der Waals surface area contributed by atoms with Crippen LogP contribution < -0.4 is 15.4 Å². The van der Waals surface area contributed by atoms with E-state index < -0.39 is 0 Å². The van der Waals surface area contributed by atoms with E-state index in [2.05, 4.69) is 15.6 Å². The summed E-state index contributed by atoms with van der Waals surface area (Å²) >= 11 is 1.31. The van der Waals surface area contributed by atoms with Crippen molar-refractivity contribution in [3.05, 3.63) is 53.1 Å². The summed E-state index contributed by atoms with van der Waals surface area (Å²) in [6.45, 7) is 4.25. The summed E-state index contributed by atoms with van der Waals surface area (Å²) in [5.41, 5.74) is 1.14. The highest BCUT2D eigenvalue weighted by atomic mass is 32.1. The summed E-state index contributed by atoms with van der Waals surface area (Å²) in [5, 5.41) is 7.72. The van der Waals surface area contributed by atoms with Crippen LogP contribution >= 0.6 is 11.3 Å². The van der Waals surface area contributed by atoms with Crippen molar-refractivity contribution in [2.75, 3.05) is 11.9 Å². The predicted octanol–water partition coefficient (Wildman–Crippen LogP) is 3.69. The van der Waals surface area contributed by atoms with Crippen LogP contribution in [0.25, 0.3) is 11.5 Å². The second kappa shape index (κ2) is 8.50. The molecule has 2 amide bonds. The molecule has 0 atom stereocenters. The smallest absolute Gasteiger partial charge is 0.257 e. The maximum absolute atomic E-state index is 12.3. The molecule has 0 bridgehead atoms. The molecule has 0 aliphatic heterocycles. The number of nitrogens with zero attached hydrogens (tertiary/aromatic N) is 1. The molecule has 0 aliphatic carbocycles. The fourth-order valence-electron chi connectivity index (χ4n) is 2.30. The molecule has 3 rings (SSSR count). The van der Waals surface area contributed by atoms with E-state index in [0.717, 1.165) is 5.75 Å². The molecule has 140 valence electrons.